The van der Waals surface area contributed by atoms with Crippen LogP contribution < -0.4 is 10.6 Å². The van der Waals surface area contributed by atoms with Crippen LogP contribution in [-0.4, -0.2) is 23.0 Å². The van der Waals surface area contributed by atoms with Gasteiger partial charge < -0.3 is 15.7 Å². The Hall–Kier alpha value is -2.44. The van der Waals surface area contributed by atoms with Crippen LogP contribution in [0.2, 0.25) is 5.02 Å². The molecule has 0 unspecified atom stereocenters. The van der Waals surface area contributed by atoms with E-state index in [9.17, 15) is 19.1 Å². The Kier molecular flexibility index (Phi) is 4.51. The fourth-order valence-corrected chi connectivity index (χ4v) is 2.83. The molecule has 0 radical (unpaired) electrons. The van der Waals surface area contributed by atoms with Crippen LogP contribution >= 0.6 is 11.6 Å². The van der Waals surface area contributed by atoms with Gasteiger partial charge in [0.15, 0.2) is 0 Å². The van der Waals surface area contributed by atoms with Crippen molar-refractivity contribution in [3.8, 4) is 0 Å². The molecule has 124 valence electrons. The van der Waals surface area contributed by atoms with Crippen molar-refractivity contribution in [3.05, 3.63) is 64.4 Å². The Labute approximate surface area is 142 Å². The van der Waals surface area contributed by atoms with Crippen molar-refractivity contribution in [1.82, 2.24) is 5.32 Å². The fourth-order valence-electron chi connectivity index (χ4n) is 2.72. The van der Waals surface area contributed by atoms with Gasteiger partial charge in [-0.15, -0.1) is 0 Å². The summed E-state index contributed by atoms with van der Waals surface area (Å²) in [5, 5.41) is 14.8. The molecule has 2 aromatic carbocycles. The Morgan fingerprint density at radius 1 is 1.17 bits per heavy atom. The summed E-state index contributed by atoms with van der Waals surface area (Å²) in [6, 6.07) is 10.3. The van der Waals surface area contributed by atoms with Gasteiger partial charge in [0.2, 0.25) is 0 Å². The predicted molar refractivity (Wildman–Crippen MR) is 87.1 cm³/mol. The SMILES string of the molecule is O=C(Nc1ccc(Cl)c(F)c1)C(=O)N[C@H]1c2ccccc2C[C@H]1O. The maximum Gasteiger partial charge on any atom is 0.313 e. The third-order valence-electron chi connectivity index (χ3n) is 3.87. The van der Waals surface area contributed by atoms with Gasteiger partial charge in [-0.25, -0.2) is 4.39 Å². The molecule has 0 aromatic heterocycles. The quantitative estimate of drug-likeness (QED) is 0.728. The molecule has 5 nitrogen and oxygen atoms in total. The molecule has 3 rings (SSSR count). The van der Waals surface area contributed by atoms with Gasteiger partial charge in [-0.2, -0.15) is 0 Å². The number of carbonyl (C=O) groups is 2. The minimum Gasteiger partial charge on any atom is -0.390 e. The molecular formula is C17H14ClFN2O3. The molecule has 0 aliphatic heterocycles. The van der Waals surface area contributed by atoms with E-state index in [-0.39, 0.29) is 10.7 Å². The average molecular weight is 349 g/mol. The molecule has 0 fully saturated rings. The van der Waals surface area contributed by atoms with Crippen LogP contribution in [0.25, 0.3) is 0 Å². The Bertz CT molecular complexity index is 812. The largest absolute Gasteiger partial charge is 0.390 e. The number of fused-ring (bicyclic) bond motifs is 1. The molecule has 1 aliphatic carbocycles. The van der Waals surface area contributed by atoms with Crippen molar-refractivity contribution in [3.63, 3.8) is 0 Å². The summed E-state index contributed by atoms with van der Waals surface area (Å²) in [4.78, 5) is 24.0. The molecule has 3 N–H and O–H groups in total. The van der Waals surface area contributed by atoms with Crippen molar-refractivity contribution in [2.24, 2.45) is 0 Å². The van der Waals surface area contributed by atoms with E-state index in [1.165, 1.54) is 12.1 Å². The van der Waals surface area contributed by atoms with Crippen LogP contribution in [0.3, 0.4) is 0 Å². The highest BCUT2D eigenvalue weighted by Crippen LogP contribution is 2.31. The zero-order valence-electron chi connectivity index (χ0n) is 12.4. The number of hydrogen-bond donors (Lipinski definition) is 3. The first-order valence-electron chi connectivity index (χ1n) is 7.28. The van der Waals surface area contributed by atoms with E-state index in [2.05, 4.69) is 10.6 Å². The molecule has 0 bridgehead atoms. The average Bonchev–Trinajstić information content (AvgIpc) is 2.87. The number of anilines is 1. The molecule has 0 heterocycles. The van der Waals surface area contributed by atoms with E-state index in [4.69, 9.17) is 11.6 Å². The van der Waals surface area contributed by atoms with Gasteiger partial charge in [0.05, 0.1) is 17.2 Å². The van der Waals surface area contributed by atoms with Crippen LogP contribution in [0.1, 0.15) is 17.2 Å². The summed E-state index contributed by atoms with van der Waals surface area (Å²) in [6.45, 7) is 0. The Balaban J connectivity index is 1.68. The lowest BCUT2D eigenvalue weighted by Crippen LogP contribution is -2.40. The summed E-state index contributed by atoms with van der Waals surface area (Å²) in [6.07, 6.45) is -0.391. The summed E-state index contributed by atoms with van der Waals surface area (Å²) in [5.74, 6) is -2.56. The van der Waals surface area contributed by atoms with Crippen LogP contribution in [-0.2, 0) is 16.0 Å². The first-order valence-corrected chi connectivity index (χ1v) is 7.66. The van der Waals surface area contributed by atoms with E-state index in [1.54, 1.807) is 12.1 Å². The van der Waals surface area contributed by atoms with Crippen molar-refractivity contribution < 1.29 is 19.1 Å². The molecule has 0 saturated heterocycles. The summed E-state index contributed by atoms with van der Waals surface area (Å²) in [7, 11) is 0. The molecular weight excluding hydrogens is 335 g/mol. The number of halogens is 2. The minimum atomic E-state index is -0.951. The number of rotatable bonds is 2. The summed E-state index contributed by atoms with van der Waals surface area (Å²) < 4.78 is 13.4. The lowest BCUT2D eigenvalue weighted by molar-refractivity contribution is -0.137. The molecule has 2 amide bonds. The molecule has 2 atom stereocenters. The van der Waals surface area contributed by atoms with Crippen molar-refractivity contribution in [2.75, 3.05) is 5.32 Å². The highest BCUT2D eigenvalue weighted by Gasteiger charge is 2.33. The molecule has 2 aromatic rings. The lowest BCUT2D eigenvalue weighted by atomic mass is 10.1. The second-order valence-corrected chi connectivity index (χ2v) is 5.91. The van der Waals surface area contributed by atoms with Crippen LogP contribution in [0, 0.1) is 5.82 Å². The van der Waals surface area contributed by atoms with E-state index in [0.717, 1.165) is 17.2 Å². The van der Waals surface area contributed by atoms with Crippen LogP contribution in [0.5, 0.6) is 0 Å². The van der Waals surface area contributed by atoms with Gasteiger partial charge >= 0.3 is 11.8 Å². The molecule has 24 heavy (non-hydrogen) atoms. The fraction of sp³-hybridized carbons (Fsp3) is 0.176. The summed E-state index contributed by atoms with van der Waals surface area (Å²) in [5.41, 5.74) is 1.82. The standard InChI is InChI=1S/C17H14ClFN2O3/c18-12-6-5-10(8-13(12)19)20-16(23)17(24)21-15-11-4-2-1-3-9(11)7-14(15)22/h1-6,8,14-15,22H,7H2,(H,20,23)(H,21,24)/t14-,15+/m1/s1. The smallest absolute Gasteiger partial charge is 0.313 e. The van der Waals surface area contributed by atoms with Gasteiger partial charge in [0.1, 0.15) is 5.82 Å². The van der Waals surface area contributed by atoms with Gasteiger partial charge in [0, 0.05) is 12.1 Å². The first-order chi connectivity index (χ1) is 11.5. The Morgan fingerprint density at radius 3 is 2.67 bits per heavy atom. The zero-order valence-corrected chi connectivity index (χ0v) is 13.2. The van der Waals surface area contributed by atoms with E-state index >= 15 is 0 Å². The minimum absolute atomic E-state index is 0.0804. The molecule has 0 saturated carbocycles. The van der Waals surface area contributed by atoms with Crippen molar-refractivity contribution in [2.45, 2.75) is 18.6 Å². The van der Waals surface area contributed by atoms with Crippen LogP contribution in [0.15, 0.2) is 42.5 Å². The first kappa shape index (κ1) is 16.4. The number of nitrogens with one attached hydrogen (secondary N) is 2. The van der Waals surface area contributed by atoms with Gasteiger partial charge in [-0.1, -0.05) is 35.9 Å². The zero-order chi connectivity index (χ0) is 17.3. The highest BCUT2D eigenvalue weighted by molar-refractivity contribution is 6.39. The second kappa shape index (κ2) is 6.59. The number of hydrogen-bond acceptors (Lipinski definition) is 3. The number of aliphatic hydroxyl groups is 1. The Morgan fingerprint density at radius 2 is 1.92 bits per heavy atom. The molecule has 7 heteroatoms. The monoisotopic (exact) mass is 348 g/mol. The van der Waals surface area contributed by atoms with Crippen LogP contribution in [0.4, 0.5) is 10.1 Å². The third kappa shape index (κ3) is 3.25. The number of aliphatic hydroxyl groups excluding tert-OH is 1. The van der Waals surface area contributed by atoms with E-state index in [0.29, 0.717) is 6.42 Å². The predicted octanol–water partition coefficient (Wildman–Crippen LogP) is 2.19. The van der Waals surface area contributed by atoms with E-state index < -0.39 is 29.8 Å². The molecule has 1 aliphatic rings. The lowest BCUT2D eigenvalue weighted by Gasteiger charge is -2.17. The summed E-state index contributed by atoms with van der Waals surface area (Å²) >= 11 is 5.56. The van der Waals surface area contributed by atoms with Gasteiger partial charge in [-0.05, 0) is 29.3 Å². The maximum absolute atomic E-state index is 13.4. The normalized spacial score (nSPS) is 18.8. The third-order valence-corrected chi connectivity index (χ3v) is 4.18. The highest BCUT2D eigenvalue weighted by atomic mass is 35.5. The number of carbonyl (C=O) groups excluding carboxylic acids is 2. The van der Waals surface area contributed by atoms with Gasteiger partial charge in [-0.3, -0.25) is 9.59 Å². The second-order valence-electron chi connectivity index (χ2n) is 5.50. The molecule has 0 spiro atoms. The maximum atomic E-state index is 13.4. The van der Waals surface area contributed by atoms with Gasteiger partial charge in [0.25, 0.3) is 0 Å². The number of amides is 2. The number of benzene rings is 2. The van der Waals surface area contributed by atoms with Crippen molar-refractivity contribution >= 4 is 29.1 Å². The van der Waals surface area contributed by atoms with E-state index in [1.807, 2.05) is 12.1 Å². The van der Waals surface area contributed by atoms with Crippen molar-refractivity contribution in [1.29, 1.82) is 0 Å². The topological polar surface area (TPSA) is 78.4 Å².